The molecular formula is C19H19NO3S. The Morgan fingerprint density at radius 2 is 1.83 bits per heavy atom. The van der Waals surface area contributed by atoms with Gasteiger partial charge < -0.3 is 4.18 Å². The van der Waals surface area contributed by atoms with Crippen LogP contribution in [0.3, 0.4) is 0 Å². The fraction of sp³-hybridized carbons (Fsp3) is 0.211. The van der Waals surface area contributed by atoms with Crippen molar-refractivity contribution in [2.45, 2.75) is 19.8 Å². The molecule has 0 fully saturated rings. The van der Waals surface area contributed by atoms with Gasteiger partial charge in [0.05, 0.1) is 17.9 Å². The van der Waals surface area contributed by atoms with Crippen molar-refractivity contribution in [1.82, 2.24) is 0 Å². The molecule has 0 saturated heterocycles. The summed E-state index contributed by atoms with van der Waals surface area (Å²) in [6.45, 7) is 3.95. The highest BCUT2D eigenvalue weighted by molar-refractivity contribution is 7.86. The maximum atomic E-state index is 11.4. The van der Waals surface area contributed by atoms with Gasteiger partial charge in [-0.15, -0.1) is 0 Å². The first kappa shape index (κ1) is 17.8. The number of nitrogens with zero attached hydrogens (tertiary/aromatic N) is 1. The zero-order chi connectivity index (χ0) is 17.7. The molecule has 0 aliphatic carbocycles. The number of hydrogen-bond donors (Lipinski definition) is 0. The molecule has 124 valence electrons. The Bertz CT molecular complexity index is 891. The summed E-state index contributed by atoms with van der Waals surface area (Å²) in [4.78, 5) is 0. The first-order chi connectivity index (χ1) is 11.3. The summed E-state index contributed by atoms with van der Waals surface area (Å²) >= 11 is 0. The van der Waals surface area contributed by atoms with Crippen molar-refractivity contribution in [3.63, 3.8) is 0 Å². The van der Waals surface area contributed by atoms with Gasteiger partial charge in [0.15, 0.2) is 0 Å². The van der Waals surface area contributed by atoms with E-state index in [4.69, 9.17) is 9.44 Å². The van der Waals surface area contributed by atoms with E-state index in [1.165, 1.54) is 11.6 Å². The molecule has 0 amide bonds. The van der Waals surface area contributed by atoms with E-state index in [9.17, 15) is 8.42 Å². The van der Waals surface area contributed by atoms with Gasteiger partial charge in [-0.1, -0.05) is 48.9 Å². The largest absolute Gasteiger partial charge is 0.382 e. The summed E-state index contributed by atoms with van der Waals surface area (Å²) in [6, 6.07) is 14.9. The van der Waals surface area contributed by atoms with E-state index >= 15 is 0 Å². The molecule has 0 aliphatic heterocycles. The van der Waals surface area contributed by atoms with Crippen LogP contribution in [0, 0.1) is 18.3 Å². The van der Waals surface area contributed by atoms with Crippen LogP contribution in [0.4, 0.5) is 0 Å². The van der Waals surface area contributed by atoms with Crippen LogP contribution in [0.15, 0.2) is 48.5 Å². The van der Waals surface area contributed by atoms with Crippen LogP contribution in [0.2, 0.25) is 0 Å². The Morgan fingerprint density at radius 3 is 2.42 bits per heavy atom. The van der Waals surface area contributed by atoms with Gasteiger partial charge in [0.1, 0.15) is 5.75 Å². The number of nitriles is 1. The first-order valence-electron chi connectivity index (χ1n) is 7.47. The van der Waals surface area contributed by atoms with Gasteiger partial charge in [-0.25, -0.2) is 0 Å². The molecule has 1 unspecified atom stereocenters. The van der Waals surface area contributed by atoms with Crippen molar-refractivity contribution in [2.24, 2.45) is 0 Å². The molecule has 2 rings (SSSR count). The van der Waals surface area contributed by atoms with E-state index in [0.29, 0.717) is 11.1 Å². The first-order valence-corrected chi connectivity index (χ1v) is 9.28. The van der Waals surface area contributed by atoms with Crippen molar-refractivity contribution in [2.75, 3.05) is 6.26 Å². The predicted octanol–water partition coefficient (Wildman–Crippen LogP) is 4.02. The third kappa shape index (κ3) is 4.97. The number of benzene rings is 2. The van der Waals surface area contributed by atoms with Crippen molar-refractivity contribution in [3.05, 3.63) is 70.8 Å². The fourth-order valence-corrected chi connectivity index (χ4v) is 2.73. The van der Waals surface area contributed by atoms with E-state index in [2.05, 4.69) is 6.07 Å². The van der Waals surface area contributed by atoms with Gasteiger partial charge in [0.2, 0.25) is 0 Å². The third-order valence-electron chi connectivity index (χ3n) is 3.53. The SMILES string of the molecule is Cc1ccc(/C=C/C(C)c2cc(C#N)ccc2OS(C)(=O)=O)cc1. The topological polar surface area (TPSA) is 67.2 Å². The molecule has 0 N–H and O–H groups in total. The summed E-state index contributed by atoms with van der Waals surface area (Å²) in [5, 5.41) is 9.07. The summed E-state index contributed by atoms with van der Waals surface area (Å²) in [5.41, 5.74) is 3.35. The molecule has 5 heteroatoms. The van der Waals surface area contributed by atoms with E-state index in [-0.39, 0.29) is 11.7 Å². The smallest absolute Gasteiger partial charge is 0.306 e. The van der Waals surface area contributed by atoms with Crippen LogP contribution in [0.1, 0.15) is 35.1 Å². The molecule has 0 bridgehead atoms. The van der Waals surface area contributed by atoms with Crippen molar-refractivity contribution < 1.29 is 12.6 Å². The molecule has 4 nitrogen and oxygen atoms in total. The highest BCUT2D eigenvalue weighted by atomic mass is 32.2. The Kier molecular flexibility index (Phi) is 5.42. The second kappa shape index (κ2) is 7.33. The number of rotatable bonds is 5. The number of aryl methyl sites for hydroxylation is 1. The van der Waals surface area contributed by atoms with Crippen molar-refractivity contribution in [1.29, 1.82) is 5.26 Å². The Balaban J connectivity index is 2.34. The molecule has 0 radical (unpaired) electrons. The van der Waals surface area contributed by atoms with E-state index in [1.54, 1.807) is 12.1 Å². The summed E-state index contributed by atoms with van der Waals surface area (Å²) < 4.78 is 27.9. The van der Waals surface area contributed by atoms with E-state index < -0.39 is 10.1 Å². The van der Waals surface area contributed by atoms with Crippen molar-refractivity contribution in [3.8, 4) is 11.8 Å². The standard InChI is InChI=1S/C19H19NO3S/c1-14-4-7-16(8-5-14)9-6-15(2)18-12-17(13-20)10-11-19(18)23-24(3,21)22/h4-12,15H,1-3H3/b9-6+. The normalized spacial score (nSPS) is 12.8. The zero-order valence-corrected chi connectivity index (χ0v) is 14.7. The van der Waals surface area contributed by atoms with Crippen LogP contribution in [-0.4, -0.2) is 14.7 Å². The van der Waals surface area contributed by atoms with Crippen LogP contribution in [0.25, 0.3) is 6.08 Å². The lowest BCUT2D eigenvalue weighted by Crippen LogP contribution is -2.08. The molecule has 24 heavy (non-hydrogen) atoms. The van der Waals surface area contributed by atoms with Crippen LogP contribution in [0.5, 0.6) is 5.75 Å². The Hall–Kier alpha value is -2.58. The zero-order valence-electron chi connectivity index (χ0n) is 13.9. The summed E-state index contributed by atoms with van der Waals surface area (Å²) in [7, 11) is -3.63. The molecule has 1 atom stereocenters. The fourth-order valence-electron chi connectivity index (χ4n) is 2.25. The van der Waals surface area contributed by atoms with Crippen LogP contribution in [-0.2, 0) is 10.1 Å². The monoisotopic (exact) mass is 341 g/mol. The summed E-state index contributed by atoms with van der Waals surface area (Å²) in [5.74, 6) is 0.133. The maximum absolute atomic E-state index is 11.4. The van der Waals surface area contributed by atoms with Crippen LogP contribution < -0.4 is 4.18 Å². The minimum absolute atomic E-state index is 0.114. The van der Waals surface area contributed by atoms with Gasteiger partial charge in [-0.3, -0.25) is 0 Å². The van der Waals surface area contributed by atoms with Crippen molar-refractivity contribution >= 4 is 16.2 Å². The molecule has 0 aromatic heterocycles. The lowest BCUT2D eigenvalue weighted by Gasteiger charge is -2.13. The molecule has 2 aromatic carbocycles. The molecule has 0 heterocycles. The average molecular weight is 341 g/mol. The quantitative estimate of drug-likeness (QED) is 0.770. The third-order valence-corrected chi connectivity index (χ3v) is 4.01. The Labute approximate surface area is 143 Å². The molecule has 0 saturated carbocycles. The minimum Gasteiger partial charge on any atom is -0.382 e. The van der Waals surface area contributed by atoms with Gasteiger partial charge in [0.25, 0.3) is 0 Å². The minimum atomic E-state index is -3.63. The number of hydrogen-bond acceptors (Lipinski definition) is 4. The lowest BCUT2D eigenvalue weighted by atomic mass is 9.97. The average Bonchev–Trinajstić information content (AvgIpc) is 2.53. The maximum Gasteiger partial charge on any atom is 0.306 e. The van der Waals surface area contributed by atoms with E-state index in [0.717, 1.165) is 11.8 Å². The van der Waals surface area contributed by atoms with Gasteiger partial charge in [0, 0.05) is 11.5 Å². The predicted molar refractivity (Wildman–Crippen MR) is 95.3 cm³/mol. The molecular weight excluding hydrogens is 322 g/mol. The van der Waals surface area contributed by atoms with Gasteiger partial charge in [-0.2, -0.15) is 13.7 Å². The molecule has 0 spiro atoms. The molecule has 2 aromatic rings. The second-order valence-corrected chi connectivity index (χ2v) is 7.29. The Morgan fingerprint density at radius 1 is 1.17 bits per heavy atom. The van der Waals surface area contributed by atoms with Gasteiger partial charge >= 0.3 is 10.1 Å². The van der Waals surface area contributed by atoms with Gasteiger partial charge in [-0.05, 0) is 30.7 Å². The lowest BCUT2D eigenvalue weighted by molar-refractivity contribution is 0.489. The molecule has 0 aliphatic rings. The van der Waals surface area contributed by atoms with E-state index in [1.807, 2.05) is 50.3 Å². The highest BCUT2D eigenvalue weighted by Crippen LogP contribution is 2.30. The second-order valence-electron chi connectivity index (χ2n) is 5.71. The van der Waals surface area contributed by atoms with Crippen LogP contribution >= 0.6 is 0 Å². The highest BCUT2D eigenvalue weighted by Gasteiger charge is 2.14. The number of allylic oxidation sites excluding steroid dienone is 1. The summed E-state index contributed by atoms with van der Waals surface area (Å²) in [6.07, 6.45) is 4.92.